The summed E-state index contributed by atoms with van der Waals surface area (Å²) in [5, 5.41) is 7.38. The number of para-hydroxylation sites is 1. The Hall–Kier alpha value is -5.34. The number of carbonyl (C=O) groups excluding carboxylic acids is 1. The molecule has 6 rings (SSSR count). The van der Waals surface area contributed by atoms with Gasteiger partial charge < -0.3 is 20.3 Å². The van der Waals surface area contributed by atoms with Crippen LogP contribution >= 0.6 is 11.8 Å². The number of benzene rings is 5. The second-order valence-corrected chi connectivity index (χ2v) is 11.7. The average Bonchev–Trinajstić information content (AvgIpc) is 3.11. The van der Waals surface area contributed by atoms with Gasteiger partial charge in [-0.2, -0.15) is 4.98 Å². The molecule has 0 aliphatic heterocycles. The Morgan fingerprint density at radius 3 is 2.26 bits per heavy atom. The smallest absolute Gasteiger partial charge is 0.252 e. The Bertz CT molecular complexity index is 1930. The lowest BCUT2D eigenvalue weighted by Gasteiger charge is -2.26. The van der Waals surface area contributed by atoms with E-state index in [0.29, 0.717) is 31.1 Å². The first-order valence-electron chi connectivity index (χ1n) is 15.2. The lowest BCUT2D eigenvalue weighted by Crippen LogP contribution is -2.23. The van der Waals surface area contributed by atoms with Gasteiger partial charge in [0.25, 0.3) is 5.91 Å². The molecule has 0 atom stereocenters. The highest BCUT2D eigenvalue weighted by molar-refractivity contribution is 7.99. The number of amides is 1. The quantitative estimate of drug-likeness (QED) is 0.141. The Morgan fingerprint density at radius 1 is 0.783 bits per heavy atom. The standard InChI is InChI=1S/C38H35N5O2S/c1-3-39-37(44)32-17-9-12-20-35(32)46-34-19-11-7-15-28(34)25-40-38-41-33-18-10-8-16-31(33)36(42-38)43(26-27-13-5-4-6-14-27)29-21-23-30(45-2)24-22-29/h4-24H,3,25-26H2,1-2H3,(H,39,44)(H,40,41,42). The van der Waals surface area contributed by atoms with Crippen LogP contribution in [0.2, 0.25) is 0 Å². The highest BCUT2D eigenvalue weighted by Gasteiger charge is 2.18. The molecule has 46 heavy (non-hydrogen) atoms. The van der Waals surface area contributed by atoms with Crippen molar-refractivity contribution in [2.45, 2.75) is 29.8 Å². The fourth-order valence-corrected chi connectivity index (χ4v) is 6.27. The molecule has 0 fully saturated rings. The van der Waals surface area contributed by atoms with Gasteiger partial charge in [0.2, 0.25) is 5.95 Å². The van der Waals surface area contributed by atoms with E-state index in [0.717, 1.165) is 49.1 Å². The predicted octanol–water partition coefficient (Wildman–Crippen LogP) is 8.49. The van der Waals surface area contributed by atoms with Crippen molar-refractivity contribution in [1.82, 2.24) is 15.3 Å². The van der Waals surface area contributed by atoms with E-state index in [2.05, 4.69) is 70.1 Å². The molecule has 0 radical (unpaired) electrons. The van der Waals surface area contributed by atoms with E-state index in [-0.39, 0.29) is 5.91 Å². The van der Waals surface area contributed by atoms with Gasteiger partial charge in [0.05, 0.1) is 18.2 Å². The number of carbonyl (C=O) groups is 1. The van der Waals surface area contributed by atoms with E-state index in [1.165, 1.54) is 0 Å². The van der Waals surface area contributed by atoms with Crippen LogP contribution in [0.4, 0.5) is 17.5 Å². The van der Waals surface area contributed by atoms with Crippen molar-refractivity contribution in [2.75, 3.05) is 23.9 Å². The van der Waals surface area contributed by atoms with Gasteiger partial charge in [-0.3, -0.25) is 4.79 Å². The third-order valence-electron chi connectivity index (χ3n) is 7.50. The molecule has 6 aromatic rings. The number of rotatable bonds is 12. The number of nitrogens with zero attached hydrogens (tertiary/aromatic N) is 3. The summed E-state index contributed by atoms with van der Waals surface area (Å²) in [6.45, 7) is 3.63. The number of hydrogen-bond acceptors (Lipinski definition) is 7. The summed E-state index contributed by atoms with van der Waals surface area (Å²) >= 11 is 1.58. The highest BCUT2D eigenvalue weighted by atomic mass is 32.2. The molecule has 0 aliphatic carbocycles. The fraction of sp³-hybridized carbons (Fsp3) is 0.132. The Labute approximate surface area is 273 Å². The van der Waals surface area contributed by atoms with Crippen LogP contribution in [0.5, 0.6) is 5.75 Å². The monoisotopic (exact) mass is 625 g/mol. The number of ether oxygens (including phenoxy) is 1. The largest absolute Gasteiger partial charge is 0.497 e. The van der Waals surface area contributed by atoms with Gasteiger partial charge in [-0.1, -0.05) is 84.6 Å². The minimum absolute atomic E-state index is 0.0739. The summed E-state index contributed by atoms with van der Waals surface area (Å²) in [5.41, 5.74) is 4.74. The average molecular weight is 626 g/mol. The van der Waals surface area contributed by atoms with Gasteiger partial charge in [0, 0.05) is 40.5 Å². The number of aromatic nitrogens is 2. The predicted molar refractivity (Wildman–Crippen MR) is 187 cm³/mol. The topological polar surface area (TPSA) is 79.4 Å². The zero-order valence-electron chi connectivity index (χ0n) is 25.8. The number of anilines is 3. The highest BCUT2D eigenvalue weighted by Crippen LogP contribution is 2.35. The first kappa shape index (κ1) is 30.7. The normalized spacial score (nSPS) is 10.8. The summed E-state index contributed by atoms with van der Waals surface area (Å²) in [6.07, 6.45) is 0. The molecule has 1 amide bonds. The van der Waals surface area contributed by atoms with E-state index in [1.54, 1.807) is 18.9 Å². The van der Waals surface area contributed by atoms with Crippen molar-refractivity contribution in [3.63, 3.8) is 0 Å². The van der Waals surface area contributed by atoms with Crippen molar-refractivity contribution in [1.29, 1.82) is 0 Å². The van der Waals surface area contributed by atoms with Gasteiger partial charge in [-0.15, -0.1) is 0 Å². The summed E-state index contributed by atoms with van der Waals surface area (Å²) in [7, 11) is 1.67. The van der Waals surface area contributed by atoms with Crippen molar-refractivity contribution < 1.29 is 9.53 Å². The molecule has 7 nitrogen and oxygen atoms in total. The molecule has 0 saturated heterocycles. The van der Waals surface area contributed by atoms with Gasteiger partial charge in [0.1, 0.15) is 11.6 Å². The van der Waals surface area contributed by atoms with Crippen LogP contribution in [0, 0.1) is 0 Å². The number of hydrogen-bond donors (Lipinski definition) is 2. The maximum Gasteiger partial charge on any atom is 0.252 e. The van der Waals surface area contributed by atoms with E-state index < -0.39 is 0 Å². The minimum atomic E-state index is -0.0739. The Kier molecular flexibility index (Phi) is 9.75. The molecule has 0 bridgehead atoms. The van der Waals surface area contributed by atoms with Gasteiger partial charge >= 0.3 is 0 Å². The maximum absolute atomic E-state index is 12.7. The first-order valence-corrected chi connectivity index (χ1v) is 16.0. The van der Waals surface area contributed by atoms with E-state index in [1.807, 2.05) is 79.7 Å². The van der Waals surface area contributed by atoms with Gasteiger partial charge in [-0.05, 0) is 72.6 Å². The van der Waals surface area contributed by atoms with Crippen molar-refractivity contribution in [3.05, 3.63) is 144 Å². The Morgan fingerprint density at radius 2 is 1.48 bits per heavy atom. The SMILES string of the molecule is CCNC(=O)c1ccccc1Sc1ccccc1CNc1nc(N(Cc2ccccc2)c2ccc(OC)cc2)c2ccccc2n1. The van der Waals surface area contributed by atoms with Crippen LogP contribution < -0.4 is 20.3 Å². The summed E-state index contributed by atoms with van der Waals surface area (Å²) in [4.78, 5) is 26.9. The third-order valence-corrected chi connectivity index (χ3v) is 8.70. The zero-order valence-corrected chi connectivity index (χ0v) is 26.6. The number of nitrogens with one attached hydrogen (secondary N) is 2. The molecule has 0 unspecified atom stereocenters. The van der Waals surface area contributed by atoms with Crippen LogP contribution in [-0.4, -0.2) is 29.5 Å². The third kappa shape index (κ3) is 7.14. The van der Waals surface area contributed by atoms with Crippen molar-refractivity contribution >= 4 is 46.0 Å². The van der Waals surface area contributed by atoms with Crippen LogP contribution in [0.15, 0.2) is 137 Å². The van der Waals surface area contributed by atoms with E-state index in [9.17, 15) is 4.79 Å². The van der Waals surface area contributed by atoms with Crippen LogP contribution in [-0.2, 0) is 13.1 Å². The lowest BCUT2D eigenvalue weighted by molar-refractivity contribution is 0.0953. The minimum Gasteiger partial charge on any atom is -0.497 e. The lowest BCUT2D eigenvalue weighted by atomic mass is 10.1. The molecule has 1 heterocycles. The maximum atomic E-state index is 12.7. The zero-order chi connectivity index (χ0) is 31.7. The number of fused-ring (bicyclic) bond motifs is 1. The molecule has 0 saturated carbocycles. The molecule has 230 valence electrons. The molecular weight excluding hydrogens is 591 g/mol. The first-order chi connectivity index (χ1) is 22.6. The van der Waals surface area contributed by atoms with Crippen molar-refractivity contribution in [3.8, 4) is 5.75 Å². The van der Waals surface area contributed by atoms with Crippen molar-refractivity contribution in [2.24, 2.45) is 0 Å². The second kappa shape index (κ2) is 14.6. The molecular formula is C38H35N5O2S. The number of methoxy groups -OCH3 is 1. The molecule has 1 aromatic heterocycles. The second-order valence-electron chi connectivity index (χ2n) is 10.6. The Balaban J connectivity index is 1.33. The fourth-order valence-electron chi connectivity index (χ4n) is 5.20. The molecule has 8 heteroatoms. The summed E-state index contributed by atoms with van der Waals surface area (Å²) in [5.74, 6) is 2.06. The van der Waals surface area contributed by atoms with Crippen LogP contribution in [0.25, 0.3) is 10.9 Å². The van der Waals surface area contributed by atoms with E-state index in [4.69, 9.17) is 14.7 Å². The summed E-state index contributed by atoms with van der Waals surface area (Å²) in [6, 6.07) is 42.4. The van der Waals surface area contributed by atoms with Crippen LogP contribution in [0.3, 0.4) is 0 Å². The molecule has 5 aromatic carbocycles. The molecule has 0 aliphatic rings. The van der Waals surface area contributed by atoms with Gasteiger partial charge in [-0.25, -0.2) is 4.98 Å². The van der Waals surface area contributed by atoms with E-state index >= 15 is 0 Å². The summed E-state index contributed by atoms with van der Waals surface area (Å²) < 4.78 is 5.44. The van der Waals surface area contributed by atoms with Gasteiger partial charge in [0.15, 0.2) is 0 Å². The molecule has 0 spiro atoms. The molecule has 2 N–H and O–H groups in total. The van der Waals surface area contributed by atoms with Crippen LogP contribution in [0.1, 0.15) is 28.4 Å².